The summed E-state index contributed by atoms with van der Waals surface area (Å²) in [5.74, 6) is 0.834. The van der Waals surface area contributed by atoms with Crippen LogP contribution in [0.1, 0.15) is 44.3 Å². The molecule has 18 heavy (non-hydrogen) atoms. The van der Waals surface area contributed by atoms with Gasteiger partial charge < -0.3 is 14.6 Å². The number of aliphatic hydroxyl groups excluding tert-OH is 1. The Morgan fingerprint density at radius 2 is 2.39 bits per heavy atom. The summed E-state index contributed by atoms with van der Waals surface area (Å²) in [6.45, 7) is 3.39. The van der Waals surface area contributed by atoms with Crippen LogP contribution in [-0.4, -0.2) is 24.4 Å². The molecule has 0 aliphatic carbocycles. The standard InChI is InChI=1S/C15H22O3/c1-12(16)13-5-2-6-15(11-13)18-10-4-8-14-7-3-9-17-14/h2,5-6,11-12,14,16H,3-4,7-10H2,1H3/t12-,14?/m1/s1. The lowest BCUT2D eigenvalue weighted by atomic mass is 10.1. The maximum Gasteiger partial charge on any atom is 0.119 e. The second-order valence-corrected chi connectivity index (χ2v) is 4.87. The van der Waals surface area contributed by atoms with Crippen LogP contribution in [0.25, 0.3) is 0 Å². The Labute approximate surface area is 109 Å². The Morgan fingerprint density at radius 1 is 1.50 bits per heavy atom. The monoisotopic (exact) mass is 250 g/mol. The fourth-order valence-corrected chi connectivity index (χ4v) is 2.24. The van der Waals surface area contributed by atoms with Crippen LogP contribution in [0.4, 0.5) is 0 Å². The smallest absolute Gasteiger partial charge is 0.119 e. The zero-order valence-electron chi connectivity index (χ0n) is 11.0. The third kappa shape index (κ3) is 4.00. The van der Waals surface area contributed by atoms with Crippen LogP contribution < -0.4 is 4.74 Å². The molecule has 1 unspecified atom stereocenters. The van der Waals surface area contributed by atoms with Crippen LogP contribution in [0, 0.1) is 0 Å². The molecule has 2 rings (SSSR count). The first kappa shape index (κ1) is 13.4. The average molecular weight is 250 g/mol. The summed E-state index contributed by atoms with van der Waals surface area (Å²) in [6.07, 6.45) is 4.48. The molecule has 1 fully saturated rings. The van der Waals surface area contributed by atoms with E-state index in [0.29, 0.717) is 12.7 Å². The molecule has 2 atom stereocenters. The first-order valence-electron chi connectivity index (χ1n) is 6.78. The van der Waals surface area contributed by atoms with Gasteiger partial charge in [0.05, 0.1) is 18.8 Å². The molecule has 1 aliphatic heterocycles. The summed E-state index contributed by atoms with van der Waals surface area (Å²) in [5, 5.41) is 9.49. The van der Waals surface area contributed by atoms with Crippen LogP contribution in [0.2, 0.25) is 0 Å². The van der Waals surface area contributed by atoms with Crippen molar-refractivity contribution >= 4 is 0 Å². The van der Waals surface area contributed by atoms with Gasteiger partial charge in [-0.25, -0.2) is 0 Å². The summed E-state index contributed by atoms with van der Waals surface area (Å²) >= 11 is 0. The summed E-state index contributed by atoms with van der Waals surface area (Å²) in [5.41, 5.74) is 0.895. The molecule has 1 aromatic rings. The van der Waals surface area contributed by atoms with Gasteiger partial charge in [-0.3, -0.25) is 0 Å². The Balaban J connectivity index is 1.70. The summed E-state index contributed by atoms with van der Waals surface area (Å²) in [4.78, 5) is 0. The predicted molar refractivity (Wildman–Crippen MR) is 70.8 cm³/mol. The minimum absolute atomic E-state index is 0.442. The highest BCUT2D eigenvalue weighted by Crippen LogP contribution is 2.20. The first-order valence-corrected chi connectivity index (χ1v) is 6.78. The highest BCUT2D eigenvalue weighted by Gasteiger charge is 2.14. The lowest BCUT2D eigenvalue weighted by molar-refractivity contribution is 0.0981. The van der Waals surface area contributed by atoms with Crippen molar-refractivity contribution in [2.24, 2.45) is 0 Å². The largest absolute Gasteiger partial charge is 0.494 e. The van der Waals surface area contributed by atoms with Gasteiger partial charge in [-0.2, -0.15) is 0 Å². The van der Waals surface area contributed by atoms with Gasteiger partial charge >= 0.3 is 0 Å². The Hall–Kier alpha value is -1.06. The van der Waals surface area contributed by atoms with Gasteiger partial charge in [0.25, 0.3) is 0 Å². The molecule has 1 saturated heterocycles. The normalized spacial score (nSPS) is 20.9. The topological polar surface area (TPSA) is 38.7 Å². The molecule has 0 amide bonds. The van der Waals surface area contributed by atoms with Gasteiger partial charge in [0, 0.05) is 6.61 Å². The van der Waals surface area contributed by atoms with E-state index in [9.17, 15) is 5.11 Å². The molecule has 100 valence electrons. The Kier molecular flexibility index (Phi) is 5.02. The van der Waals surface area contributed by atoms with Crippen molar-refractivity contribution in [3.8, 4) is 5.75 Å². The second-order valence-electron chi connectivity index (χ2n) is 4.87. The average Bonchev–Trinajstić information content (AvgIpc) is 2.88. The third-order valence-corrected chi connectivity index (χ3v) is 3.30. The molecule has 1 heterocycles. The number of benzene rings is 1. The first-order chi connectivity index (χ1) is 8.75. The van der Waals surface area contributed by atoms with Crippen molar-refractivity contribution in [2.45, 2.75) is 44.8 Å². The van der Waals surface area contributed by atoms with Crippen LogP contribution in [-0.2, 0) is 4.74 Å². The zero-order valence-corrected chi connectivity index (χ0v) is 11.0. The molecule has 0 spiro atoms. The molecule has 3 heteroatoms. The SMILES string of the molecule is C[C@@H](O)c1cccc(OCCCC2CCCO2)c1. The van der Waals surface area contributed by atoms with E-state index >= 15 is 0 Å². The molecular weight excluding hydrogens is 228 g/mol. The Morgan fingerprint density at radius 3 is 3.11 bits per heavy atom. The van der Waals surface area contributed by atoms with E-state index in [4.69, 9.17) is 9.47 Å². The minimum atomic E-state index is -0.444. The highest BCUT2D eigenvalue weighted by atomic mass is 16.5. The molecule has 0 saturated carbocycles. The fraction of sp³-hybridized carbons (Fsp3) is 0.600. The van der Waals surface area contributed by atoms with E-state index in [0.717, 1.165) is 30.8 Å². The maximum atomic E-state index is 9.49. The molecule has 1 aromatic carbocycles. The number of rotatable bonds is 6. The fourth-order valence-electron chi connectivity index (χ4n) is 2.24. The molecule has 1 N–H and O–H groups in total. The van der Waals surface area contributed by atoms with Gasteiger partial charge in [0.15, 0.2) is 0 Å². The molecule has 0 aromatic heterocycles. The number of aliphatic hydroxyl groups is 1. The molecule has 0 radical (unpaired) electrons. The summed E-state index contributed by atoms with van der Waals surface area (Å²) in [6, 6.07) is 7.65. The van der Waals surface area contributed by atoms with Gasteiger partial charge in [-0.1, -0.05) is 12.1 Å². The van der Waals surface area contributed by atoms with Crippen LogP contribution >= 0.6 is 0 Å². The zero-order chi connectivity index (χ0) is 12.8. The van der Waals surface area contributed by atoms with Crippen molar-refractivity contribution in [1.29, 1.82) is 0 Å². The van der Waals surface area contributed by atoms with Gasteiger partial charge in [0.2, 0.25) is 0 Å². The van der Waals surface area contributed by atoms with Crippen molar-refractivity contribution in [1.82, 2.24) is 0 Å². The van der Waals surface area contributed by atoms with Crippen molar-refractivity contribution in [2.75, 3.05) is 13.2 Å². The number of ether oxygens (including phenoxy) is 2. The molecular formula is C15H22O3. The predicted octanol–water partition coefficient (Wildman–Crippen LogP) is 3.08. The van der Waals surface area contributed by atoms with Crippen molar-refractivity contribution < 1.29 is 14.6 Å². The van der Waals surface area contributed by atoms with Crippen molar-refractivity contribution in [3.63, 3.8) is 0 Å². The van der Waals surface area contributed by atoms with Crippen LogP contribution in [0.3, 0.4) is 0 Å². The second kappa shape index (κ2) is 6.76. The van der Waals surface area contributed by atoms with Crippen LogP contribution in [0.15, 0.2) is 24.3 Å². The van der Waals surface area contributed by atoms with E-state index in [1.54, 1.807) is 6.92 Å². The lowest BCUT2D eigenvalue weighted by Gasteiger charge is -2.11. The van der Waals surface area contributed by atoms with E-state index in [1.807, 2.05) is 24.3 Å². The highest BCUT2D eigenvalue weighted by molar-refractivity contribution is 5.29. The molecule has 0 bridgehead atoms. The number of hydrogen-bond acceptors (Lipinski definition) is 3. The third-order valence-electron chi connectivity index (χ3n) is 3.30. The van der Waals surface area contributed by atoms with Crippen molar-refractivity contribution in [3.05, 3.63) is 29.8 Å². The summed E-state index contributed by atoms with van der Waals surface area (Å²) in [7, 11) is 0. The van der Waals surface area contributed by atoms with E-state index in [-0.39, 0.29) is 0 Å². The van der Waals surface area contributed by atoms with Gasteiger partial charge in [0.1, 0.15) is 5.75 Å². The van der Waals surface area contributed by atoms with Gasteiger partial charge in [-0.15, -0.1) is 0 Å². The quantitative estimate of drug-likeness (QED) is 0.789. The molecule has 1 aliphatic rings. The van der Waals surface area contributed by atoms with Gasteiger partial charge in [-0.05, 0) is 50.3 Å². The van der Waals surface area contributed by atoms with Crippen LogP contribution in [0.5, 0.6) is 5.75 Å². The van der Waals surface area contributed by atoms with E-state index in [1.165, 1.54) is 12.8 Å². The van der Waals surface area contributed by atoms with E-state index < -0.39 is 6.10 Å². The number of hydrogen-bond donors (Lipinski definition) is 1. The maximum absolute atomic E-state index is 9.49. The minimum Gasteiger partial charge on any atom is -0.494 e. The summed E-state index contributed by atoms with van der Waals surface area (Å²) < 4.78 is 11.3. The molecule has 3 nitrogen and oxygen atoms in total. The van der Waals surface area contributed by atoms with E-state index in [2.05, 4.69) is 0 Å². The Bertz CT molecular complexity index is 357. The lowest BCUT2D eigenvalue weighted by Crippen LogP contribution is -2.07.